The van der Waals surface area contributed by atoms with Crippen LogP contribution in [0.15, 0.2) is 18.2 Å². The van der Waals surface area contributed by atoms with Gasteiger partial charge < -0.3 is 10.5 Å². The number of nitrogens with zero attached hydrogens (tertiary/aromatic N) is 2. The monoisotopic (exact) mass is 239 g/mol. The Morgan fingerprint density at radius 1 is 1.62 bits per heavy atom. The second kappa shape index (κ2) is 4.02. The zero-order valence-electron chi connectivity index (χ0n) is 8.61. The minimum atomic E-state index is -0.542. The van der Waals surface area contributed by atoms with Crippen molar-refractivity contribution in [2.45, 2.75) is 6.92 Å². The lowest BCUT2D eigenvalue weighted by atomic mass is 10.4. The number of imidazole rings is 1. The van der Waals surface area contributed by atoms with Crippen molar-refractivity contribution in [1.82, 2.24) is 9.38 Å². The summed E-state index contributed by atoms with van der Waals surface area (Å²) in [5, 5.41) is 0.401. The number of nitrogen functional groups attached to an aromatic ring is 1. The van der Waals surface area contributed by atoms with Crippen LogP contribution in [0.1, 0.15) is 17.4 Å². The van der Waals surface area contributed by atoms with E-state index in [4.69, 9.17) is 22.1 Å². The van der Waals surface area contributed by atoms with Gasteiger partial charge in [0.1, 0.15) is 16.6 Å². The van der Waals surface area contributed by atoms with Gasteiger partial charge in [-0.3, -0.25) is 4.40 Å². The number of fused-ring (bicyclic) bond motifs is 1. The maximum absolute atomic E-state index is 11.5. The summed E-state index contributed by atoms with van der Waals surface area (Å²) in [7, 11) is 0. The molecule has 2 aromatic heterocycles. The second-order valence-corrected chi connectivity index (χ2v) is 3.50. The molecule has 2 N–H and O–H groups in total. The van der Waals surface area contributed by atoms with Gasteiger partial charge in [-0.05, 0) is 19.1 Å². The van der Waals surface area contributed by atoms with Gasteiger partial charge in [0.05, 0.1) is 6.61 Å². The normalized spacial score (nSPS) is 10.6. The Kier molecular flexibility index (Phi) is 2.70. The molecular formula is C10H10ClN3O2. The number of hydrogen-bond donors (Lipinski definition) is 1. The fraction of sp³-hybridized carbons (Fsp3) is 0.200. The molecule has 0 amide bonds. The summed E-state index contributed by atoms with van der Waals surface area (Å²) < 4.78 is 6.33. The Morgan fingerprint density at radius 3 is 3.00 bits per heavy atom. The van der Waals surface area contributed by atoms with Crippen molar-refractivity contribution in [2.24, 2.45) is 0 Å². The van der Waals surface area contributed by atoms with Gasteiger partial charge in [-0.15, -0.1) is 0 Å². The largest absolute Gasteiger partial charge is 0.461 e. The molecule has 0 radical (unpaired) electrons. The lowest BCUT2D eigenvalue weighted by Gasteiger charge is -2.00. The van der Waals surface area contributed by atoms with Crippen LogP contribution in [0, 0.1) is 0 Å². The lowest BCUT2D eigenvalue weighted by molar-refractivity contribution is 0.0521. The third-order valence-corrected chi connectivity index (χ3v) is 2.40. The van der Waals surface area contributed by atoms with E-state index in [1.165, 1.54) is 4.40 Å². The number of carbonyl (C=O) groups excluding carboxylic acids is 1. The smallest absolute Gasteiger partial charge is 0.360 e. The molecule has 16 heavy (non-hydrogen) atoms. The molecule has 0 aliphatic carbocycles. The number of rotatable bonds is 2. The molecule has 84 valence electrons. The molecule has 0 saturated carbocycles. The second-order valence-electron chi connectivity index (χ2n) is 3.11. The van der Waals surface area contributed by atoms with Crippen molar-refractivity contribution < 1.29 is 9.53 Å². The summed E-state index contributed by atoms with van der Waals surface area (Å²) >= 11 is 5.95. The highest BCUT2D eigenvalue weighted by Gasteiger charge is 2.18. The maximum atomic E-state index is 11.5. The van der Waals surface area contributed by atoms with Gasteiger partial charge in [-0.25, -0.2) is 9.78 Å². The Balaban J connectivity index is 2.61. The molecule has 2 rings (SSSR count). The summed E-state index contributed by atoms with van der Waals surface area (Å²) in [5.41, 5.74) is 6.40. The molecule has 0 aliphatic rings. The molecule has 0 spiro atoms. The van der Waals surface area contributed by atoms with Crippen LogP contribution < -0.4 is 5.73 Å². The molecule has 5 nitrogen and oxygen atoms in total. The number of nitrogens with two attached hydrogens (primary N) is 1. The lowest BCUT2D eigenvalue weighted by Crippen LogP contribution is -2.08. The molecular weight excluding hydrogens is 230 g/mol. The van der Waals surface area contributed by atoms with E-state index < -0.39 is 5.97 Å². The molecule has 6 heteroatoms. The molecule has 0 unspecified atom stereocenters. The van der Waals surface area contributed by atoms with E-state index in [1.807, 2.05) is 0 Å². The van der Waals surface area contributed by atoms with Gasteiger partial charge in [-0.1, -0.05) is 17.7 Å². The van der Waals surface area contributed by atoms with Gasteiger partial charge in [0.2, 0.25) is 0 Å². The van der Waals surface area contributed by atoms with Crippen LogP contribution >= 0.6 is 11.6 Å². The molecule has 0 aromatic carbocycles. The van der Waals surface area contributed by atoms with Crippen molar-refractivity contribution >= 4 is 29.0 Å². The minimum absolute atomic E-state index is 0.0925. The first-order valence-corrected chi connectivity index (χ1v) is 5.12. The minimum Gasteiger partial charge on any atom is -0.461 e. The van der Waals surface area contributed by atoms with Gasteiger partial charge >= 0.3 is 5.97 Å². The van der Waals surface area contributed by atoms with E-state index in [0.717, 1.165) is 0 Å². The predicted octanol–water partition coefficient (Wildman–Crippen LogP) is 1.75. The van der Waals surface area contributed by atoms with Crippen LogP contribution in [-0.2, 0) is 4.74 Å². The number of anilines is 1. The first-order valence-electron chi connectivity index (χ1n) is 4.74. The van der Waals surface area contributed by atoms with E-state index in [0.29, 0.717) is 10.8 Å². The zero-order valence-corrected chi connectivity index (χ0v) is 9.36. The summed E-state index contributed by atoms with van der Waals surface area (Å²) in [5.74, 6) is -0.348. The van der Waals surface area contributed by atoms with Crippen LogP contribution in [0.2, 0.25) is 5.15 Å². The third kappa shape index (κ3) is 1.59. The quantitative estimate of drug-likeness (QED) is 0.640. The van der Waals surface area contributed by atoms with Crippen LogP contribution in [0.25, 0.3) is 5.65 Å². The average Bonchev–Trinajstić information content (AvgIpc) is 2.58. The summed E-state index contributed by atoms with van der Waals surface area (Å²) in [6.07, 6.45) is 0. The highest BCUT2D eigenvalue weighted by atomic mass is 35.5. The maximum Gasteiger partial charge on any atom is 0.360 e. The van der Waals surface area contributed by atoms with Crippen molar-refractivity contribution in [2.75, 3.05) is 12.3 Å². The van der Waals surface area contributed by atoms with Crippen molar-refractivity contribution in [3.05, 3.63) is 29.0 Å². The van der Waals surface area contributed by atoms with E-state index in [-0.39, 0.29) is 18.1 Å². The van der Waals surface area contributed by atoms with Crippen LogP contribution in [-0.4, -0.2) is 22.0 Å². The third-order valence-electron chi connectivity index (χ3n) is 2.10. The van der Waals surface area contributed by atoms with E-state index in [2.05, 4.69) is 4.98 Å². The van der Waals surface area contributed by atoms with E-state index >= 15 is 0 Å². The SMILES string of the molecule is CCOC(=O)c1nc2cccc(Cl)n2c1N. The molecule has 0 bridgehead atoms. The van der Waals surface area contributed by atoms with Crippen molar-refractivity contribution in [3.63, 3.8) is 0 Å². The topological polar surface area (TPSA) is 69.6 Å². The molecule has 0 aliphatic heterocycles. The molecule has 2 heterocycles. The molecule has 0 fully saturated rings. The number of aromatic nitrogens is 2. The van der Waals surface area contributed by atoms with Gasteiger partial charge in [0, 0.05) is 0 Å². The highest BCUT2D eigenvalue weighted by molar-refractivity contribution is 6.30. The first kappa shape index (κ1) is 10.8. The number of esters is 1. The first-order chi connectivity index (χ1) is 7.65. The molecule has 0 saturated heterocycles. The zero-order chi connectivity index (χ0) is 11.7. The Bertz CT molecular complexity index is 550. The number of carbonyl (C=O) groups is 1. The summed E-state index contributed by atoms with van der Waals surface area (Å²) in [4.78, 5) is 15.6. The van der Waals surface area contributed by atoms with Gasteiger partial charge in [-0.2, -0.15) is 0 Å². The summed E-state index contributed by atoms with van der Waals surface area (Å²) in [6.45, 7) is 2.00. The van der Waals surface area contributed by atoms with Gasteiger partial charge in [0.25, 0.3) is 0 Å². The standard InChI is InChI=1S/C10H10ClN3O2/c1-2-16-10(15)8-9(12)14-6(11)4-3-5-7(14)13-8/h3-5H,2,12H2,1H3. The number of halogens is 1. The fourth-order valence-electron chi connectivity index (χ4n) is 1.43. The van der Waals surface area contributed by atoms with Crippen LogP contribution in [0.4, 0.5) is 5.82 Å². The van der Waals surface area contributed by atoms with Crippen molar-refractivity contribution in [3.8, 4) is 0 Å². The van der Waals surface area contributed by atoms with Crippen LogP contribution in [0.3, 0.4) is 0 Å². The van der Waals surface area contributed by atoms with E-state index in [9.17, 15) is 4.79 Å². The average molecular weight is 240 g/mol. The number of pyridine rings is 1. The Morgan fingerprint density at radius 2 is 2.38 bits per heavy atom. The number of hydrogen-bond acceptors (Lipinski definition) is 4. The van der Waals surface area contributed by atoms with E-state index in [1.54, 1.807) is 25.1 Å². The van der Waals surface area contributed by atoms with Crippen molar-refractivity contribution in [1.29, 1.82) is 0 Å². The highest BCUT2D eigenvalue weighted by Crippen LogP contribution is 2.21. The Labute approximate surface area is 96.8 Å². The molecule has 2 aromatic rings. The Hall–Kier alpha value is -1.75. The fourth-order valence-corrected chi connectivity index (χ4v) is 1.68. The van der Waals surface area contributed by atoms with Crippen LogP contribution in [0.5, 0.6) is 0 Å². The predicted molar refractivity (Wildman–Crippen MR) is 60.6 cm³/mol. The van der Waals surface area contributed by atoms with Gasteiger partial charge in [0.15, 0.2) is 5.69 Å². The summed E-state index contributed by atoms with van der Waals surface area (Å²) in [6, 6.07) is 5.12. The molecule has 0 atom stereocenters. The number of ether oxygens (including phenoxy) is 1.